The molecular formula is C19H20N4O2. The fourth-order valence-electron chi connectivity index (χ4n) is 2.68. The van der Waals surface area contributed by atoms with Crippen LogP contribution in [0, 0.1) is 6.92 Å². The van der Waals surface area contributed by atoms with E-state index in [0.29, 0.717) is 23.6 Å². The number of aromatic nitrogens is 4. The molecule has 3 aromatic heterocycles. The lowest BCUT2D eigenvalue weighted by atomic mass is 10.1. The Bertz CT molecular complexity index is 887. The predicted octanol–water partition coefficient (Wildman–Crippen LogP) is 3.62. The van der Waals surface area contributed by atoms with E-state index in [2.05, 4.69) is 28.9 Å². The van der Waals surface area contributed by atoms with E-state index in [1.54, 1.807) is 31.6 Å². The Morgan fingerprint density at radius 1 is 1.16 bits per heavy atom. The standard InChI is InChI=1S/C19H20N4O2/c1-13(2)23-17(6-10-22-23)19-15(5-4-8-21-19)12-25-18-7-9-20-14(3)16(18)11-24/h4-11,13H,12H2,1-3H3. The zero-order chi connectivity index (χ0) is 17.8. The minimum absolute atomic E-state index is 0.227. The predicted molar refractivity (Wildman–Crippen MR) is 94.5 cm³/mol. The van der Waals surface area contributed by atoms with Crippen LogP contribution >= 0.6 is 0 Å². The second-order valence-electron chi connectivity index (χ2n) is 5.98. The van der Waals surface area contributed by atoms with Gasteiger partial charge in [-0.3, -0.25) is 19.4 Å². The van der Waals surface area contributed by atoms with Crippen molar-refractivity contribution in [2.75, 3.05) is 0 Å². The summed E-state index contributed by atoms with van der Waals surface area (Å²) >= 11 is 0. The molecule has 128 valence electrons. The number of ether oxygens (including phenoxy) is 1. The maximum absolute atomic E-state index is 11.3. The van der Waals surface area contributed by atoms with Crippen LogP contribution in [0.25, 0.3) is 11.4 Å². The molecule has 6 nitrogen and oxygen atoms in total. The average Bonchev–Trinajstić information content (AvgIpc) is 3.10. The number of aldehydes is 1. The maximum atomic E-state index is 11.3. The first-order valence-electron chi connectivity index (χ1n) is 8.13. The fourth-order valence-corrected chi connectivity index (χ4v) is 2.68. The number of hydrogen-bond acceptors (Lipinski definition) is 5. The molecule has 0 bridgehead atoms. The van der Waals surface area contributed by atoms with Gasteiger partial charge in [-0.05, 0) is 39.0 Å². The summed E-state index contributed by atoms with van der Waals surface area (Å²) in [6.07, 6.45) is 5.93. The van der Waals surface area contributed by atoms with Gasteiger partial charge >= 0.3 is 0 Å². The fraction of sp³-hybridized carbons (Fsp3) is 0.263. The third-order valence-corrected chi connectivity index (χ3v) is 3.94. The first kappa shape index (κ1) is 16.8. The molecule has 3 aromatic rings. The Hall–Kier alpha value is -3.02. The molecule has 0 unspecified atom stereocenters. The molecule has 0 amide bonds. The van der Waals surface area contributed by atoms with Gasteiger partial charge in [-0.15, -0.1) is 0 Å². The number of rotatable bonds is 6. The normalized spacial score (nSPS) is 10.9. The van der Waals surface area contributed by atoms with E-state index in [4.69, 9.17) is 4.74 Å². The van der Waals surface area contributed by atoms with Crippen molar-refractivity contribution in [1.82, 2.24) is 19.7 Å². The third-order valence-electron chi connectivity index (χ3n) is 3.94. The van der Waals surface area contributed by atoms with Gasteiger partial charge in [0, 0.05) is 30.2 Å². The van der Waals surface area contributed by atoms with E-state index in [9.17, 15) is 4.79 Å². The Morgan fingerprint density at radius 3 is 2.76 bits per heavy atom. The van der Waals surface area contributed by atoms with Gasteiger partial charge in [0.2, 0.25) is 0 Å². The highest BCUT2D eigenvalue weighted by atomic mass is 16.5. The average molecular weight is 336 g/mol. The summed E-state index contributed by atoms with van der Waals surface area (Å²) in [5.41, 5.74) is 3.82. The summed E-state index contributed by atoms with van der Waals surface area (Å²) < 4.78 is 7.82. The molecule has 25 heavy (non-hydrogen) atoms. The molecule has 0 saturated heterocycles. The molecule has 0 aliphatic heterocycles. The van der Waals surface area contributed by atoms with Gasteiger partial charge < -0.3 is 4.74 Å². The highest BCUT2D eigenvalue weighted by Crippen LogP contribution is 2.26. The molecule has 0 spiro atoms. The van der Waals surface area contributed by atoms with Crippen LogP contribution in [0.1, 0.15) is 41.5 Å². The Labute approximate surface area is 146 Å². The number of pyridine rings is 2. The zero-order valence-electron chi connectivity index (χ0n) is 14.5. The zero-order valence-corrected chi connectivity index (χ0v) is 14.5. The van der Waals surface area contributed by atoms with Crippen LogP contribution < -0.4 is 4.74 Å². The molecule has 0 aliphatic rings. The molecule has 0 atom stereocenters. The van der Waals surface area contributed by atoms with Crippen molar-refractivity contribution >= 4 is 6.29 Å². The highest BCUT2D eigenvalue weighted by molar-refractivity contribution is 5.80. The molecule has 6 heteroatoms. The van der Waals surface area contributed by atoms with Gasteiger partial charge in [0.15, 0.2) is 6.29 Å². The van der Waals surface area contributed by atoms with Crippen molar-refractivity contribution in [3.8, 4) is 17.1 Å². The van der Waals surface area contributed by atoms with Crippen molar-refractivity contribution in [2.45, 2.75) is 33.4 Å². The van der Waals surface area contributed by atoms with E-state index >= 15 is 0 Å². The summed E-state index contributed by atoms with van der Waals surface area (Å²) in [5, 5.41) is 4.37. The molecule has 0 aromatic carbocycles. The lowest BCUT2D eigenvalue weighted by Crippen LogP contribution is -2.08. The maximum Gasteiger partial charge on any atom is 0.155 e. The number of carbonyl (C=O) groups is 1. The number of aryl methyl sites for hydroxylation is 1. The van der Waals surface area contributed by atoms with Gasteiger partial charge in [0.05, 0.1) is 22.6 Å². The molecule has 0 saturated carbocycles. The minimum Gasteiger partial charge on any atom is -0.488 e. The summed E-state index contributed by atoms with van der Waals surface area (Å²) in [4.78, 5) is 19.9. The van der Waals surface area contributed by atoms with Crippen LogP contribution in [0.15, 0.2) is 42.9 Å². The van der Waals surface area contributed by atoms with Crippen molar-refractivity contribution in [3.05, 3.63) is 59.7 Å². The Morgan fingerprint density at radius 2 is 2.00 bits per heavy atom. The number of carbonyl (C=O) groups excluding carboxylic acids is 1. The number of nitrogens with zero attached hydrogens (tertiary/aromatic N) is 4. The first-order valence-corrected chi connectivity index (χ1v) is 8.13. The van der Waals surface area contributed by atoms with E-state index in [-0.39, 0.29) is 6.04 Å². The molecule has 0 N–H and O–H groups in total. The van der Waals surface area contributed by atoms with Crippen molar-refractivity contribution < 1.29 is 9.53 Å². The van der Waals surface area contributed by atoms with Crippen molar-refractivity contribution in [2.24, 2.45) is 0 Å². The van der Waals surface area contributed by atoms with Crippen LogP contribution in [-0.4, -0.2) is 26.0 Å². The first-order chi connectivity index (χ1) is 12.1. The van der Waals surface area contributed by atoms with Gasteiger partial charge in [0.1, 0.15) is 12.4 Å². The third kappa shape index (κ3) is 3.42. The van der Waals surface area contributed by atoms with Gasteiger partial charge in [0.25, 0.3) is 0 Å². The van der Waals surface area contributed by atoms with Gasteiger partial charge in [-0.25, -0.2) is 0 Å². The van der Waals surface area contributed by atoms with E-state index in [0.717, 1.165) is 23.2 Å². The van der Waals surface area contributed by atoms with E-state index in [1.807, 2.05) is 22.9 Å². The van der Waals surface area contributed by atoms with E-state index in [1.165, 1.54) is 0 Å². The summed E-state index contributed by atoms with van der Waals surface area (Å²) in [6.45, 7) is 6.24. The molecule has 0 radical (unpaired) electrons. The summed E-state index contributed by atoms with van der Waals surface area (Å²) in [6, 6.07) is 7.71. The molecule has 3 rings (SSSR count). The van der Waals surface area contributed by atoms with Crippen LogP contribution in [0.4, 0.5) is 0 Å². The van der Waals surface area contributed by atoms with Gasteiger partial charge in [-0.1, -0.05) is 6.07 Å². The van der Waals surface area contributed by atoms with Crippen LogP contribution in [-0.2, 0) is 6.61 Å². The molecule has 0 fully saturated rings. The highest BCUT2D eigenvalue weighted by Gasteiger charge is 2.14. The molecule has 0 aliphatic carbocycles. The number of hydrogen-bond donors (Lipinski definition) is 0. The summed E-state index contributed by atoms with van der Waals surface area (Å²) in [5.74, 6) is 0.523. The lowest BCUT2D eigenvalue weighted by molar-refractivity contribution is 0.111. The Kier molecular flexibility index (Phi) is 4.88. The summed E-state index contributed by atoms with van der Waals surface area (Å²) in [7, 11) is 0. The second-order valence-corrected chi connectivity index (χ2v) is 5.98. The van der Waals surface area contributed by atoms with Crippen molar-refractivity contribution in [1.29, 1.82) is 0 Å². The molecule has 3 heterocycles. The molecular weight excluding hydrogens is 316 g/mol. The SMILES string of the molecule is Cc1nccc(OCc2cccnc2-c2ccnn2C(C)C)c1C=O. The van der Waals surface area contributed by atoms with Crippen LogP contribution in [0.3, 0.4) is 0 Å². The topological polar surface area (TPSA) is 69.9 Å². The smallest absolute Gasteiger partial charge is 0.155 e. The lowest BCUT2D eigenvalue weighted by Gasteiger charge is -2.14. The second kappa shape index (κ2) is 7.25. The van der Waals surface area contributed by atoms with Crippen LogP contribution in [0.5, 0.6) is 5.75 Å². The monoisotopic (exact) mass is 336 g/mol. The van der Waals surface area contributed by atoms with Crippen LogP contribution in [0.2, 0.25) is 0 Å². The van der Waals surface area contributed by atoms with Gasteiger partial charge in [-0.2, -0.15) is 5.10 Å². The largest absolute Gasteiger partial charge is 0.488 e. The Balaban J connectivity index is 1.91. The van der Waals surface area contributed by atoms with E-state index < -0.39 is 0 Å². The van der Waals surface area contributed by atoms with Crippen molar-refractivity contribution in [3.63, 3.8) is 0 Å². The quantitative estimate of drug-likeness (QED) is 0.643. The minimum atomic E-state index is 0.227.